The maximum absolute atomic E-state index is 6.57. The van der Waals surface area contributed by atoms with Crippen molar-refractivity contribution in [2.24, 2.45) is 11.0 Å². The van der Waals surface area contributed by atoms with Gasteiger partial charge >= 0.3 is 0 Å². The van der Waals surface area contributed by atoms with E-state index in [0.29, 0.717) is 16.6 Å². The Balaban J connectivity index is 1.64. The highest BCUT2D eigenvalue weighted by Gasteiger charge is 2.39. The summed E-state index contributed by atoms with van der Waals surface area (Å²) in [6, 6.07) is 16.1. The molecule has 0 aromatic heterocycles. The van der Waals surface area contributed by atoms with Crippen molar-refractivity contribution in [1.29, 1.82) is 0 Å². The molecular weight excluding hydrogens is 428 g/mol. The van der Waals surface area contributed by atoms with E-state index >= 15 is 0 Å². The van der Waals surface area contributed by atoms with Gasteiger partial charge in [0.2, 0.25) is 0 Å². The highest BCUT2D eigenvalue weighted by atomic mass is 35.5. The van der Waals surface area contributed by atoms with Crippen molar-refractivity contribution in [1.82, 2.24) is 10.4 Å². The average Bonchev–Trinajstić information content (AvgIpc) is 3.12. The normalized spacial score (nSPS) is 21.6. The number of thiocarbonyl (C=S) groups is 1. The standard InChI is InChI=1S/C24H29ClN4OS/c1-3-30-19-13-11-18(12-14-19)23-17(2)22(24(31)27-28-15-7-4-8-16-28)26-29(23)21-10-6-5-9-20(21)25/h5-6,9-14,17,23H,3-4,7-8,15-16H2,1-2H3,(H,27,31)/t17-,23+/m1/s1. The summed E-state index contributed by atoms with van der Waals surface area (Å²) in [4.78, 5) is 0.694. The first-order valence-electron chi connectivity index (χ1n) is 11.0. The molecule has 0 aliphatic carbocycles. The minimum absolute atomic E-state index is 0.00770. The fourth-order valence-electron chi connectivity index (χ4n) is 4.29. The Kier molecular flexibility index (Phi) is 7.10. The zero-order chi connectivity index (χ0) is 21.8. The van der Waals surface area contributed by atoms with Gasteiger partial charge in [0.05, 0.1) is 23.4 Å². The van der Waals surface area contributed by atoms with Gasteiger partial charge in [-0.15, -0.1) is 0 Å². The number of piperidine rings is 1. The van der Waals surface area contributed by atoms with Gasteiger partial charge in [0, 0.05) is 19.0 Å². The van der Waals surface area contributed by atoms with Gasteiger partial charge in [-0.3, -0.25) is 5.01 Å². The molecule has 0 amide bonds. The molecule has 0 radical (unpaired) electrons. The van der Waals surface area contributed by atoms with Crippen LogP contribution in [0.3, 0.4) is 0 Å². The van der Waals surface area contributed by atoms with E-state index in [0.717, 1.165) is 35.8 Å². The highest BCUT2D eigenvalue weighted by Crippen LogP contribution is 2.42. The van der Waals surface area contributed by atoms with Crippen LogP contribution < -0.4 is 15.2 Å². The summed E-state index contributed by atoms with van der Waals surface area (Å²) in [7, 11) is 0. The molecule has 1 fully saturated rings. The van der Waals surface area contributed by atoms with Gasteiger partial charge in [-0.2, -0.15) is 5.10 Å². The van der Waals surface area contributed by atoms with Gasteiger partial charge in [0.15, 0.2) is 0 Å². The number of benzene rings is 2. The molecule has 2 aromatic rings. The van der Waals surface area contributed by atoms with Crippen LogP contribution in [0.25, 0.3) is 0 Å². The van der Waals surface area contributed by atoms with Crippen molar-refractivity contribution in [3.8, 4) is 5.75 Å². The number of anilines is 1. The molecule has 7 heteroatoms. The summed E-state index contributed by atoms with van der Waals surface area (Å²) >= 11 is 12.4. The topological polar surface area (TPSA) is 40.1 Å². The Morgan fingerprint density at radius 1 is 1.13 bits per heavy atom. The number of hydrogen-bond acceptors (Lipinski definition) is 5. The molecule has 2 aliphatic rings. The molecule has 2 aromatic carbocycles. The molecule has 2 aliphatic heterocycles. The molecule has 5 nitrogen and oxygen atoms in total. The molecule has 0 unspecified atom stereocenters. The number of rotatable bonds is 6. The number of hydrogen-bond donors (Lipinski definition) is 1. The van der Waals surface area contributed by atoms with Crippen LogP contribution in [-0.4, -0.2) is 35.4 Å². The zero-order valence-electron chi connectivity index (χ0n) is 18.1. The van der Waals surface area contributed by atoms with E-state index < -0.39 is 0 Å². The zero-order valence-corrected chi connectivity index (χ0v) is 19.6. The molecule has 1 N–H and O–H groups in total. The molecular formula is C24H29ClN4OS. The van der Waals surface area contributed by atoms with E-state index in [1.165, 1.54) is 19.3 Å². The van der Waals surface area contributed by atoms with Crippen molar-refractivity contribution >= 4 is 40.2 Å². The number of para-hydroxylation sites is 1. The molecule has 0 saturated carbocycles. The fraction of sp³-hybridized carbons (Fsp3) is 0.417. The van der Waals surface area contributed by atoms with E-state index in [9.17, 15) is 0 Å². The summed E-state index contributed by atoms with van der Waals surface area (Å²) in [6.45, 7) is 6.84. The second-order valence-corrected chi connectivity index (χ2v) is 8.82. The maximum Gasteiger partial charge on any atom is 0.137 e. The van der Waals surface area contributed by atoms with Crippen LogP contribution in [0, 0.1) is 5.92 Å². The summed E-state index contributed by atoms with van der Waals surface area (Å²) in [5.41, 5.74) is 6.35. The predicted molar refractivity (Wildman–Crippen MR) is 132 cm³/mol. The lowest BCUT2D eigenvalue weighted by atomic mass is 9.91. The maximum atomic E-state index is 6.57. The van der Waals surface area contributed by atoms with Crippen LogP contribution in [0.5, 0.6) is 5.75 Å². The van der Waals surface area contributed by atoms with Gasteiger partial charge in [-0.25, -0.2) is 5.01 Å². The largest absolute Gasteiger partial charge is 0.494 e. The van der Waals surface area contributed by atoms with Crippen molar-refractivity contribution in [3.05, 3.63) is 59.1 Å². The third-order valence-electron chi connectivity index (χ3n) is 5.86. The minimum atomic E-state index is -0.00770. The van der Waals surface area contributed by atoms with Crippen molar-refractivity contribution in [2.75, 3.05) is 24.7 Å². The highest BCUT2D eigenvalue weighted by molar-refractivity contribution is 7.82. The van der Waals surface area contributed by atoms with Crippen LogP contribution in [0.15, 0.2) is 53.6 Å². The molecule has 0 spiro atoms. The third-order valence-corrected chi connectivity index (χ3v) is 6.48. The smallest absolute Gasteiger partial charge is 0.137 e. The van der Waals surface area contributed by atoms with E-state index in [4.69, 9.17) is 33.7 Å². The Morgan fingerprint density at radius 2 is 1.84 bits per heavy atom. The Labute approximate surface area is 195 Å². The second kappa shape index (κ2) is 9.98. The lowest BCUT2D eigenvalue weighted by Crippen LogP contribution is -2.47. The molecule has 164 valence electrons. The van der Waals surface area contributed by atoms with Gasteiger partial charge in [0.1, 0.15) is 16.4 Å². The van der Waals surface area contributed by atoms with Gasteiger partial charge in [0.25, 0.3) is 0 Å². The van der Waals surface area contributed by atoms with E-state index in [1.807, 2.05) is 48.3 Å². The Bertz CT molecular complexity index is 943. The number of hydrazine groups is 1. The summed E-state index contributed by atoms with van der Waals surface area (Å²) in [6.07, 6.45) is 3.67. The first-order valence-corrected chi connectivity index (χ1v) is 11.8. The van der Waals surface area contributed by atoms with Crippen LogP contribution in [0.1, 0.15) is 44.7 Å². The number of hydrazone groups is 1. The first-order chi connectivity index (χ1) is 15.1. The molecule has 31 heavy (non-hydrogen) atoms. The molecule has 1 saturated heterocycles. The Morgan fingerprint density at radius 3 is 2.52 bits per heavy atom. The van der Waals surface area contributed by atoms with Crippen LogP contribution in [0.4, 0.5) is 5.69 Å². The number of nitrogens with zero attached hydrogens (tertiary/aromatic N) is 3. The lowest BCUT2D eigenvalue weighted by molar-refractivity contribution is 0.197. The lowest BCUT2D eigenvalue weighted by Gasteiger charge is -2.29. The van der Waals surface area contributed by atoms with Gasteiger partial charge in [-0.05, 0) is 49.6 Å². The average molecular weight is 457 g/mol. The van der Waals surface area contributed by atoms with Crippen molar-refractivity contribution in [3.63, 3.8) is 0 Å². The molecule has 2 atom stereocenters. The summed E-state index contributed by atoms with van der Waals surface area (Å²) in [5.74, 6) is 0.962. The van der Waals surface area contributed by atoms with Crippen LogP contribution in [-0.2, 0) is 0 Å². The van der Waals surface area contributed by atoms with Crippen LogP contribution >= 0.6 is 23.8 Å². The molecule has 0 bridgehead atoms. The summed E-state index contributed by atoms with van der Waals surface area (Å²) < 4.78 is 5.63. The molecule has 4 rings (SSSR count). The van der Waals surface area contributed by atoms with Crippen molar-refractivity contribution in [2.45, 2.75) is 39.2 Å². The van der Waals surface area contributed by atoms with E-state index in [-0.39, 0.29) is 12.0 Å². The minimum Gasteiger partial charge on any atom is -0.494 e. The SMILES string of the molecule is CCOc1ccc([C@@H]2[C@H](C)C(C(=S)NN3CCCCC3)=NN2c2ccccc2Cl)cc1. The number of nitrogens with one attached hydrogen (secondary N) is 1. The molecule has 2 heterocycles. The quantitative estimate of drug-likeness (QED) is 0.572. The van der Waals surface area contributed by atoms with Gasteiger partial charge < -0.3 is 10.2 Å². The number of ether oxygens (including phenoxy) is 1. The van der Waals surface area contributed by atoms with E-state index in [2.05, 4.69) is 29.5 Å². The van der Waals surface area contributed by atoms with Crippen molar-refractivity contribution < 1.29 is 4.74 Å². The number of halogens is 1. The van der Waals surface area contributed by atoms with E-state index in [1.54, 1.807) is 0 Å². The monoisotopic (exact) mass is 456 g/mol. The predicted octanol–water partition coefficient (Wildman–Crippen LogP) is 5.61. The Hall–Kier alpha value is -2.15. The fourth-order valence-corrected chi connectivity index (χ4v) is 4.87. The second-order valence-electron chi connectivity index (χ2n) is 8.01. The van der Waals surface area contributed by atoms with Crippen LogP contribution in [0.2, 0.25) is 5.02 Å². The third kappa shape index (κ3) is 4.86. The van der Waals surface area contributed by atoms with Gasteiger partial charge in [-0.1, -0.05) is 61.4 Å². The first kappa shape index (κ1) is 22.1. The summed E-state index contributed by atoms with van der Waals surface area (Å²) in [5, 5.41) is 9.89.